The number of piperazine rings is 1. The van der Waals surface area contributed by atoms with E-state index in [0.717, 1.165) is 19.6 Å². The molecule has 1 aromatic rings. The predicted molar refractivity (Wildman–Crippen MR) is 64.6 cm³/mol. The van der Waals surface area contributed by atoms with Crippen LogP contribution in [0.4, 0.5) is 5.13 Å². The number of nitrogens with one attached hydrogen (secondary N) is 2. The molecule has 1 aliphatic heterocycles. The first-order chi connectivity index (χ1) is 7.74. The first kappa shape index (κ1) is 11.5. The van der Waals surface area contributed by atoms with Gasteiger partial charge in [-0.15, -0.1) is 11.3 Å². The van der Waals surface area contributed by atoms with Crippen LogP contribution < -0.4 is 10.6 Å². The lowest BCUT2D eigenvalue weighted by Crippen LogP contribution is -2.51. The Balaban J connectivity index is 1.78. The highest BCUT2D eigenvalue weighted by Gasteiger charge is 2.18. The molecule has 0 spiro atoms. The molecule has 2 rings (SSSR count). The van der Waals surface area contributed by atoms with Crippen LogP contribution in [0.15, 0.2) is 11.6 Å². The molecule has 0 aromatic carbocycles. The molecular weight excluding hydrogens is 224 g/mol. The average Bonchev–Trinajstić information content (AvgIpc) is 2.70. The summed E-state index contributed by atoms with van der Waals surface area (Å²) in [6, 6.07) is 0.460. The van der Waals surface area contributed by atoms with Crippen LogP contribution in [0.1, 0.15) is 6.92 Å². The predicted octanol–water partition coefficient (Wildman–Crippen LogP) is 0.375. The number of rotatable bonds is 3. The van der Waals surface area contributed by atoms with Gasteiger partial charge in [0.2, 0.25) is 5.91 Å². The summed E-state index contributed by atoms with van der Waals surface area (Å²) < 4.78 is 0. The highest BCUT2D eigenvalue weighted by Crippen LogP contribution is 2.10. The molecule has 1 aliphatic rings. The Kier molecular flexibility index (Phi) is 3.87. The summed E-state index contributed by atoms with van der Waals surface area (Å²) in [5.74, 6) is 0.0176. The van der Waals surface area contributed by atoms with Gasteiger partial charge in [-0.25, -0.2) is 4.98 Å². The minimum atomic E-state index is 0.0176. The molecule has 0 aliphatic carbocycles. The van der Waals surface area contributed by atoms with Gasteiger partial charge in [-0.1, -0.05) is 0 Å². The zero-order valence-electron chi connectivity index (χ0n) is 9.27. The van der Waals surface area contributed by atoms with E-state index < -0.39 is 0 Å². The maximum absolute atomic E-state index is 11.7. The molecule has 16 heavy (non-hydrogen) atoms. The minimum absolute atomic E-state index is 0.0176. The lowest BCUT2D eigenvalue weighted by atomic mass is 10.2. The van der Waals surface area contributed by atoms with Gasteiger partial charge in [0, 0.05) is 37.3 Å². The van der Waals surface area contributed by atoms with Crippen molar-refractivity contribution in [3.05, 3.63) is 11.6 Å². The van der Waals surface area contributed by atoms with Crippen molar-refractivity contribution in [1.82, 2.24) is 15.2 Å². The van der Waals surface area contributed by atoms with Gasteiger partial charge < -0.3 is 10.6 Å². The second kappa shape index (κ2) is 5.38. The van der Waals surface area contributed by atoms with Crippen molar-refractivity contribution in [2.45, 2.75) is 13.0 Å². The van der Waals surface area contributed by atoms with Crippen LogP contribution in [-0.4, -0.2) is 48.0 Å². The smallest absolute Gasteiger partial charge is 0.240 e. The molecule has 2 heterocycles. The van der Waals surface area contributed by atoms with E-state index in [1.54, 1.807) is 6.20 Å². The van der Waals surface area contributed by atoms with Crippen molar-refractivity contribution in [3.63, 3.8) is 0 Å². The van der Waals surface area contributed by atoms with Crippen molar-refractivity contribution in [2.24, 2.45) is 0 Å². The Morgan fingerprint density at radius 2 is 2.69 bits per heavy atom. The molecule has 0 unspecified atom stereocenters. The number of thiazole rings is 1. The fraction of sp³-hybridized carbons (Fsp3) is 0.600. The normalized spacial score (nSPS) is 21.9. The van der Waals surface area contributed by atoms with Crippen molar-refractivity contribution in [1.29, 1.82) is 0 Å². The van der Waals surface area contributed by atoms with E-state index in [0.29, 0.717) is 17.7 Å². The molecule has 1 aromatic heterocycles. The molecule has 1 saturated heterocycles. The Bertz CT molecular complexity index is 341. The van der Waals surface area contributed by atoms with Crippen LogP contribution in [0, 0.1) is 0 Å². The van der Waals surface area contributed by atoms with Crippen LogP contribution in [0.5, 0.6) is 0 Å². The van der Waals surface area contributed by atoms with Gasteiger partial charge in [-0.05, 0) is 6.92 Å². The van der Waals surface area contributed by atoms with Gasteiger partial charge in [0.05, 0.1) is 6.54 Å². The highest BCUT2D eigenvalue weighted by atomic mass is 32.1. The SMILES string of the molecule is C[C@H]1CN(CC(=O)Nc2nccs2)CCN1. The van der Waals surface area contributed by atoms with E-state index >= 15 is 0 Å². The molecule has 1 atom stereocenters. The number of carbonyl (C=O) groups excluding carboxylic acids is 1. The maximum Gasteiger partial charge on any atom is 0.240 e. The Morgan fingerprint density at radius 3 is 3.38 bits per heavy atom. The van der Waals surface area contributed by atoms with Gasteiger partial charge in [0.15, 0.2) is 5.13 Å². The minimum Gasteiger partial charge on any atom is -0.312 e. The van der Waals surface area contributed by atoms with E-state index in [9.17, 15) is 4.79 Å². The average molecular weight is 240 g/mol. The molecule has 88 valence electrons. The van der Waals surface area contributed by atoms with Crippen molar-refractivity contribution in [2.75, 3.05) is 31.5 Å². The van der Waals surface area contributed by atoms with Gasteiger partial charge in [0.25, 0.3) is 0 Å². The van der Waals surface area contributed by atoms with Crippen LogP contribution in [0.3, 0.4) is 0 Å². The van der Waals surface area contributed by atoms with Crippen LogP contribution in [0.25, 0.3) is 0 Å². The second-order valence-electron chi connectivity index (χ2n) is 3.98. The Labute approximate surface area is 98.9 Å². The van der Waals surface area contributed by atoms with E-state index in [1.165, 1.54) is 11.3 Å². The lowest BCUT2D eigenvalue weighted by molar-refractivity contribution is -0.117. The maximum atomic E-state index is 11.7. The fourth-order valence-corrected chi connectivity index (χ4v) is 2.35. The molecule has 1 amide bonds. The van der Waals surface area contributed by atoms with Crippen molar-refractivity contribution in [3.8, 4) is 0 Å². The largest absolute Gasteiger partial charge is 0.312 e. The summed E-state index contributed by atoms with van der Waals surface area (Å²) >= 11 is 1.44. The zero-order chi connectivity index (χ0) is 11.4. The third kappa shape index (κ3) is 3.26. The molecule has 2 N–H and O–H groups in total. The standard InChI is InChI=1S/C10H16N4OS/c1-8-6-14(4-2-11-8)7-9(15)13-10-12-3-5-16-10/h3,5,8,11H,2,4,6-7H2,1H3,(H,12,13,15)/t8-/m0/s1. The number of aromatic nitrogens is 1. The van der Waals surface area contributed by atoms with Crippen LogP contribution in [-0.2, 0) is 4.79 Å². The van der Waals surface area contributed by atoms with E-state index in [2.05, 4.69) is 27.4 Å². The molecule has 0 bridgehead atoms. The first-order valence-corrected chi connectivity index (χ1v) is 6.27. The fourth-order valence-electron chi connectivity index (χ4n) is 1.80. The molecular formula is C10H16N4OS. The number of hydrogen-bond acceptors (Lipinski definition) is 5. The highest BCUT2D eigenvalue weighted by molar-refractivity contribution is 7.13. The van der Waals surface area contributed by atoms with Gasteiger partial charge in [-0.2, -0.15) is 0 Å². The second-order valence-corrected chi connectivity index (χ2v) is 4.87. The van der Waals surface area contributed by atoms with E-state index in [-0.39, 0.29) is 5.91 Å². The molecule has 6 heteroatoms. The Hall–Kier alpha value is -0.980. The number of anilines is 1. The van der Waals surface area contributed by atoms with Gasteiger partial charge in [-0.3, -0.25) is 9.69 Å². The quantitative estimate of drug-likeness (QED) is 0.802. The first-order valence-electron chi connectivity index (χ1n) is 5.39. The Morgan fingerprint density at radius 1 is 1.81 bits per heavy atom. The summed E-state index contributed by atoms with van der Waals surface area (Å²) in [5.41, 5.74) is 0. The van der Waals surface area contributed by atoms with Gasteiger partial charge in [0.1, 0.15) is 0 Å². The molecule has 0 radical (unpaired) electrons. The third-order valence-electron chi connectivity index (χ3n) is 2.50. The van der Waals surface area contributed by atoms with E-state index in [4.69, 9.17) is 0 Å². The topological polar surface area (TPSA) is 57.3 Å². The summed E-state index contributed by atoms with van der Waals surface area (Å²) in [4.78, 5) is 17.9. The zero-order valence-corrected chi connectivity index (χ0v) is 10.1. The summed E-state index contributed by atoms with van der Waals surface area (Å²) in [7, 11) is 0. The summed E-state index contributed by atoms with van der Waals surface area (Å²) in [6.45, 7) is 5.38. The summed E-state index contributed by atoms with van der Waals surface area (Å²) in [6.07, 6.45) is 1.69. The number of hydrogen-bond donors (Lipinski definition) is 2. The number of nitrogens with zero attached hydrogens (tertiary/aromatic N) is 2. The summed E-state index contributed by atoms with van der Waals surface area (Å²) in [5, 5.41) is 8.66. The molecule has 5 nitrogen and oxygen atoms in total. The van der Waals surface area contributed by atoms with Crippen LogP contribution in [0.2, 0.25) is 0 Å². The number of carbonyl (C=O) groups is 1. The third-order valence-corrected chi connectivity index (χ3v) is 3.19. The van der Waals surface area contributed by atoms with Crippen molar-refractivity contribution < 1.29 is 4.79 Å². The molecule has 1 fully saturated rings. The lowest BCUT2D eigenvalue weighted by Gasteiger charge is -2.31. The van der Waals surface area contributed by atoms with Crippen molar-refractivity contribution >= 4 is 22.4 Å². The van der Waals surface area contributed by atoms with Gasteiger partial charge >= 0.3 is 0 Å². The van der Waals surface area contributed by atoms with Crippen LogP contribution >= 0.6 is 11.3 Å². The number of amides is 1. The molecule has 0 saturated carbocycles. The van der Waals surface area contributed by atoms with E-state index in [1.807, 2.05) is 5.38 Å². The monoisotopic (exact) mass is 240 g/mol.